The van der Waals surface area contributed by atoms with Crippen molar-refractivity contribution in [1.29, 1.82) is 0 Å². The van der Waals surface area contributed by atoms with Crippen LogP contribution in [-0.4, -0.2) is 21.5 Å². The second-order valence-corrected chi connectivity index (χ2v) is 5.13. The number of nitrogens with one attached hydrogen (secondary N) is 1. The van der Waals surface area contributed by atoms with E-state index < -0.39 is 0 Å². The Morgan fingerprint density at radius 2 is 1.94 bits per heavy atom. The number of rotatable bonds is 5. The molecule has 0 aliphatic rings. The molecule has 0 saturated heterocycles. The first kappa shape index (κ1) is 13.1. The molecule has 0 spiro atoms. The normalized spacial score (nSPS) is 10.8. The topological polar surface area (TPSA) is 50.7 Å². The molecule has 0 aliphatic heterocycles. The molecule has 2 aromatic rings. The van der Waals surface area contributed by atoms with Gasteiger partial charge in [-0.2, -0.15) is 0 Å². The van der Waals surface area contributed by atoms with Crippen molar-refractivity contribution in [3.05, 3.63) is 28.7 Å². The summed E-state index contributed by atoms with van der Waals surface area (Å²) in [5.41, 5.74) is 5.11. The number of hydrogen-bond donors (Lipinski definition) is 1. The summed E-state index contributed by atoms with van der Waals surface area (Å²) in [4.78, 5) is 14.2. The molecule has 0 aromatic carbocycles. The van der Waals surface area contributed by atoms with Crippen LogP contribution in [0.5, 0.6) is 0 Å². The van der Waals surface area contributed by atoms with Gasteiger partial charge in [-0.05, 0) is 26.8 Å². The monoisotopic (exact) mass is 262 g/mol. The van der Waals surface area contributed by atoms with Gasteiger partial charge in [0.15, 0.2) is 5.82 Å². The van der Waals surface area contributed by atoms with Gasteiger partial charge in [0.1, 0.15) is 0 Å². The van der Waals surface area contributed by atoms with E-state index in [1.165, 1.54) is 5.56 Å². The van der Waals surface area contributed by atoms with Crippen molar-refractivity contribution in [3.63, 3.8) is 0 Å². The van der Waals surface area contributed by atoms with Crippen LogP contribution in [0.4, 0.5) is 0 Å². The number of hydrogen-bond acceptors (Lipinski definition) is 5. The van der Waals surface area contributed by atoms with Crippen LogP contribution in [-0.2, 0) is 6.54 Å². The lowest BCUT2D eigenvalue weighted by atomic mass is 10.1. The average Bonchev–Trinajstić information content (AvgIpc) is 2.86. The van der Waals surface area contributed by atoms with Gasteiger partial charge in [0.25, 0.3) is 0 Å². The van der Waals surface area contributed by atoms with Gasteiger partial charge in [0, 0.05) is 29.7 Å². The van der Waals surface area contributed by atoms with E-state index in [9.17, 15) is 0 Å². The zero-order valence-corrected chi connectivity index (χ0v) is 11.8. The molecule has 2 heterocycles. The first-order chi connectivity index (χ1) is 8.72. The minimum absolute atomic E-state index is 0.784. The van der Waals surface area contributed by atoms with E-state index in [1.807, 2.05) is 20.0 Å². The number of nitrogens with zero attached hydrogens (tertiary/aromatic N) is 3. The van der Waals surface area contributed by atoms with E-state index in [-0.39, 0.29) is 0 Å². The second kappa shape index (κ2) is 6.02. The highest BCUT2D eigenvalue weighted by Gasteiger charge is 2.10. The van der Waals surface area contributed by atoms with Crippen molar-refractivity contribution in [3.8, 4) is 10.7 Å². The summed E-state index contributed by atoms with van der Waals surface area (Å²) in [6.07, 6.45) is 2.95. The summed E-state index contributed by atoms with van der Waals surface area (Å²) in [7, 11) is 0. The van der Waals surface area contributed by atoms with E-state index in [0.29, 0.717) is 0 Å². The Morgan fingerprint density at radius 3 is 2.50 bits per heavy atom. The van der Waals surface area contributed by atoms with Gasteiger partial charge in [-0.3, -0.25) is 4.98 Å². The van der Waals surface area contributed by atoms with Gasteiger partial charge < -0.3 is 5.32 Å². The highest BCUT2D eigenvalue weighted by molar-refractivity contribution is 7.13. The summed E-state index contributed by atoms with van der Waals surface area (Å²) < 4.78 is 0. The largest absolute Gasteiger partial charge is 0.313 e. The summed E-state index contributed by atoms with van der Waals surface area (Å²) in [5.74, 6) is 0.784. The Morgan fingerprint density at radius 1 is 1.22 bits per heavy atom. The Balaban J connectivity index is 2.24. The van der Waals surface area contributed by atoms with Gasteiger partial charge in [-0.15, -0.1) is 11.3 Å². The molecule has 1 N–H and O–H groups in total. The molecule has 0 saturated carbocycles. The van der Waals surface area contributed by atoms with Crippen LogP contribution in [0.1, 0.15) is 30.3 Å². The van der Waals surface area contributed by atoms with Crippen LogP contribution in [0.3, 0.4) is 0 Å². The number of thiazole rings is 1. The van der Waals surface area contributed by atoms with Crippen LogP contribution in [0, 0.1) is 13.8 Å². The first-order valence-corrected chi connectivity index (χ1v) is 7.04. The molecule has 0 fully saturated rings. The molecule has 0 aliphatic carbocycles. The number of aryl methyl sites for hydroxylation is 2. The molecule has 96 valence electrons. The molecule has 4 nitrogen and oxygen atoms in total. The van der Waals surface area contributed by atoms with Crippen LogP contribution < -0.4 is 5.32 Å². The molecule has 2 aromatic heterocycles. The Labute approximate surface area is 112 Å². The molecule has 5 heteroatoms. The van der Waals surface area contributed by atoms with Gasteiger partial charge in [-0.25, -0.2) is 9.97 Å². The lowest BCUT2D eigenvalue weighted by molar-refractivity contribution is 0.665. The van der Waals surface area contributed by atoms with Gasteiger partial charge in [0.2, 0.25) is 0 Å². The molecule has 0 unspecified atom stereocenters. The fraction of sp³-hybridized carbons (Fsp3) is 0.462. The average molecular weight is 262 g/mol. The maximum absolute atomic E-state index is 4.57. The summed E-state index contributed by atoms with van der Waals surface area (Å²) in [6, 6.07) is 0. The zero-order valence-electron chi connectivity index (χ0n) is 11.0. The van der Waals surface area contributed by atoms with Crippen molar-refractivity contribution >= 4 is 11.3 Å². The Hall–Kier alpha value is -1.33. The zero-order chi connectivity index (χ0) is 13.0. The van der Waals surface area contributed by atoms with Crippen LogP contribution >= 0.6 is 11.3 Å². The molecule has 0 radical (unpaired) electrons. The highest BCUT2D eigenvalue weighted by atomic mass is 32.1. The maximum Gasteiger partial charge on any atom is 0.171 e. The predicted octanol–water partition coefficient (Wildman–Crippen LogP) is 2.72. The minimum Gasteiger partial charge on any atom is -0.313 e. The van der Waals surface area contributed by atoms with Gasteiger partial charge >= 0.3 is 0 Å². The molecular weight excluding hydrogens is 244 g/mol. The fourth-order valence-corrected chi connectivity index (χ4v) is 2.38. The summed E-state index contributed by atoms with van der Waals surface area (Å²) in [5, 5.41) is 3.40. The maximum atomic E-state index is 4.57. The summed E-state index contributed by atoms with van der Waals surface area (Å²) >= 11 is 1.57. The lowest BCUT2D eigenvalue weighted by Crippen LogP contribution is -2.17. The minimum atomic E-state index is 0.784. The molecule has 0 bridgehead atoms. The van der Waals surface area contributed by atoms with Crippen molar-refractivity contribution in [2.24, 2.45) is 0 Å². The standard InChI is InChI=1S/C13H18N4S/c1-4-5-14-6-11-9(2)16-13(17-10(11)3)12-7-15-8-18-12/h7-8,14H,4-6H2,1-3H3. The third-order valence-corrected chi connectivity index (χ3v) is 3.57. The lowest BCUT2D eigenvalue weighted by Gasteiger charge is -2.10. The Kier molecular flexibility index (Phi) is 4.38. The third-order valence-electron chi connectivity index (χ3n) is 2.80. The van der Waals surface area contributed by atoms with E-state index in [0.717, 1.165) is 41.6 Å². The molecule has 0 amide bonds. The quantitative estimate of drug-likeness (QED) is 0.842. The molecule has 18 heavy (non-hydrogen) atoms. The first-order valence-electron chi connectivity index (χ1n) is 6.16. The summed E-state index contributed by atoms with van der Waals surface area (Å²) in [6.45, 7) is 8.12. The van der Waals surface area contributed by atoms with E-state index >= 15 is 0 Å². The smallest absolute Gasteiger partial charge is 0.171 e. The second-order valence-electron chi connectivity index (χ2n) is 4.24. The van der Waals surface area contributed by atoms with Crippen molar-refractivity contribution < 1.29 is 0 Å². The van der Waals surface area contributed by atoms with Crippen molar-refractivity contribution in [2.45, 2.75) is 33.7 Å². The van der Waals surface area contributed by atoms with Crippen LogP contribution in [0.2, 0.25) is 0 Å². The predicted molar refractivity (Wildman–Crippen MR) is 74.6 cm³/mol. The van der Waals surface area contributed by atoms with Gasteiger partial charge in [0.05, 0.1) is 10.4 Å². The van der Waals surface area contributed by atoms with Gasteiger partial charge in [-0.1, -0.05) is 6.92 Å². The van der Waals surface area contributed by atoms with Crippen molar-refractivity contribution in [2.75, 3.05) is 6.54 Å². The van der Waals surface area contributed by atoms with Crippen molar-refractivity contribution in [1.82, 2.24) is 20.3 Å². The fourth-order valence-electron chi connectivity index (χ4n) is 1.82. The third kappa shape index (κ3) is 2.91. The molecular formula is C13H18N4S. The Bertz CT molecular complexity index is 485. The number of aromatic nitrogens is 3. The van der Waals surface area contributed by atoms with E-state index in [4.69, 9.17) is 0 Å². The SMILES string of the molecule is CCCNCc1c(C)nc(-c2cncs2)nc1C. The van der Waals surface area contributed by atoms with E-state index in [2.05, 4.69) is 27.2 Å². The molecule has 0 atom stereocenters. The van der Waals surface area contributed by atoms with Crippen LogP contribution in [0.25, 0.3) is 10.7 Å². The van der Waals surface area contributed by atoms with E-state index in [1.54, 1.807) is 16.8 Å². The molecule has 2 rings (SSSR count). The van der Waals surface area contributed by atoms with Crippen LogP contribution in [0.15, 0.2) is 11.7 Å². The highest BCUT2D eigenvalue weighted by Crippen LogP contribution is 2.21.